The quantitative estimate of drug-likeness (QED) is 0.788. The Balaban J connectivity index is 2.28. The van der Waals surface area contributed by atoms with E-state index in [1.807, 2.05) is 12.1 Å². The number of methoxy groups -OCH3 is 1. The molecule has 0 amide bonds. The number of aliphatic hydroxyl groups is 1. The summed E-state index contributed by atoms with van der Waals surface area (Å²) in [6, 6.07) is 3.71. The van der Waals surface area contributed by atoms with Crippen LogP contribution >= 0.6 is 0 Å². The first-order valence-electron chi connectivity index (χ1n) is 5.62. The van der Waals surface area contributed by atoms with Crippen molar-refractivity contribution >= 4 is 0 Å². The van der Waals surface area contributed by atoms with Crippen LogP contribution in [-0.4, -0.2) is 23.3 Å². The van der Waals surface area contributed by atoms with Crippen molar-refractivity contribution in [1.82, 2.24) is 4.98 Å². The summed E-state index contributed by atoms with van der Waals surface area (Å²) in [4.78, 5) is 4.34. The van der Waals surface area contributed by atoms with Gasteiger partial charge in [-0.15, -0.1) is 0 Å². The minimum absolute atomic E-state index is 0.216. The number of hydrogen-bond donors (Lipinski definition) is 2. The van der Waals surface area contributed by atoms with Gasteiger partial charge in [-0.25, -0.2) is 0 Å². The van der Waals surface area contributed by atoms with E-state index < -0.39 is 5.54 Å². The molecule has 0 bridgehead atoms. The first kappa shape index (κ1) is 11.4. The summed E-state index contributed by atoms with van der Waals surface area (Å²) in [5.41, 5.74) is 6.72. The van der Waals surface area contributed by atoms with Crippen molar-refractivity contribution in [2.45, 2.75) is 37.3 Å². The van der Waals surface area contributed by atoms with E-state index in [0.29, 0.717) is 0 Å². The zero-order valence-electron chi connectivity index (χ0n) is 9.52. The molecule has 0 aromatic carbocycles. The maximum absolute atomic E-state index is 9.51. The van der Waals surface area contributed by atoms with Crippen LogP contribution < -0.4 is 10.5 Å². The number of ether oxygens (including phenoxy) is 1. The fourth-order valence-electron chi connectivity index (χ4n) is 2.28. The molecule has 0 spiro atoms. The van der Waals surface area contributed by atoms with Crippen LogP contribution in [0.25, 0.3) is 0 Å². The van der Waals surface area contributed by atoms with Gasteiger partial charge in [-0.1, -0.05) is 0 Å². The van der Waals surface area contributed by atoms with Crippen LogP contribution in [-0.2, 0) is 5.54 Å². The molecule has 0 saturated heterocycles. The maximum atomic E-state index is 9.51. The molecule has 1 fully saturated rings. The highest BCUT2D eigenvalue weighted by Gasteiger charge is 2.35. The van der Waals surface area contributed by atoms with Crippen LogP contribution in [0, 0.1) is 0 Å². The summed E-state index contributed by atoms with van der Waals surface area (Å²) >= 11 is 0. The van der Waals surface area contributed by atoms with Gasteiger partial charge in [-0.05, 0) is 37.8 Å². The van der Waals surface area contributed by atoms with Gasteiger partial charge in [-0.2, -0.15) is 0 Å². The van der Waals surface area contributed by atoms with Gasteiger partial charge >= 0.3 is 0 Å². The molecule has 4 heteroatoms. The lowest BCUT2D eigenvalue weighted by Crippen LogP contribution is -2.42. The third kappa shape index (κ3) is 2.03. The summed E-state index contributed by atoms with van der Waals surface area (Å²) in [6.07, 6.45) is 4.49. The van der Waals surface area contributed by atoms with Crippen LogP contribution in [0.15, 0.2) is 18.3 Å². The fourth-order valence-corrected chi connectivity index (χ4v) is 2.28. The minimum atomic E-state index is -0.453. The second-order valence-electron chi connectivity index (χ2n) is 4.44. The topological polar surface area (TPSA) is 68.4 Å². The lowest BCUT2D eigenvalue weighted by Gasteiger charge is -2.35. The number of pyridine rings is 1. The van der Waals surface area contributed by atoms with Crippen molar-refractivity contribution in [1.29, 1.82) is 0 Å². The highest BCUT2D eigenvalue weighted by molar-refractivity contribution is 5.33. The van der Waals surface area contributed by atoms with E-state index in [4.69, 9.17) is 10.5 Å². The smallest absolute Gasteiger partial charge is 0.142 e. The Kier molecular flexibility index (Phi) is 3.12. The second-order valence-corrected chi connectivity index (χ2v) is 4.44. The van der Waals surface area contributed by atoms with Crippen LogP contribution in [0.2, 0.25) is 0 Å². The van der Waals surface area contributed by atoms with E-state index >= 15 is 0 Å². The number of rotatable bonds is 2. The largest absolute Gasteiger partial charge is 0.495 e. The highest BCUT2D eigenvalue weighted by Crippen LogP contribution is 2.37. The number of hydrogen-bond acceptors (Lipinski definition) is 4. The maximum Gasteiger partial charge on any atom is 0.142 e. The summed E-state index contributed by atoms with van der Waals surface area (Å²) in [7, 11) is 1.63. The molecule has 1 aliphatic carbocycles. The van der Waals surface area contributed by atoms with Gasteiger partial charge in [0.05, 0.1) is 18.8 Å². The molecule has 0 unspecified atom stereocenters. The third-order valence-corrected chi connectivity index (χ3v) is 3.31. The van der Waals surface area contributed by atoms with Crippen molar-refractivity contribution in [3.8, 4) is 5.75 Å². The molecular weight excluding hydrogens is 204 g/mol. The predicted molar refractivity (Wildman–Crippen MR) is 61.1 cm³/mol. The molecule has 0 atom stereocenters. The summed E-state index contributed by atoms with van der Waals surface area (Å²) < 4.78 is 5.29. The third-order valence-electron chi connectivity index (χ3n) is 3.31. The first-order valence-corrected chi connectivity index (χ1v) is 5.62. The van der Waals surface area contributed by atoms with Crippen molar-refractivity contribution in [3.05, 3.63) is 24.0 Å². The van der Waals surface area contributed by atoms with Gasteiger partial charge in [-0.3, -0.25) is 4.98 Å². The van der Waals surface area contributed by atoms with Crippen molar-refractivity contribution in [3.63, 3.8) is 0 Å². The lowest BCUT2D eigenvalue weighted by molar-refractivity contribution is 0.0946. The Morgan fingerprint density at radius 3 is 2.81 bits per heavy atom. The highest BCUT2D eigenvalue weighted by atomic mass is 16.5. The standard InChI is InChI=1S/C12H18N2O2/c1-16-10-3-2-8-14-11(10)12(13)6-4-9(15)5-7-12/h2-3,8-9,15H,4-7,13H2,1H3. The van der Waals surface area contributed by atoms with Gasteiger partial charge in [0.2, 0.25) is 0 Å². The number of aromatic nitrogens is 1. The number of aliphatic hydroxyl groups excluding tert-OH is 1. The average molecular weight is 222 g/mol. The monoisotopic (exact) mass is 222 g/mol. The summed E-state index contributed by atoms with van der Waals surface area (Å²) in [5.74, 6) is 0.737. The van der Waals surface area contributed by atoms with Crippen LogP contribution in [0.5, 0.6) is 5.75 Å². The van der Waals surface area contributed by atoms with Gasteiger partial charge in [0.15, 0.2) is 0 Å². The molecular formula is C12H18N2O2. The van der Waals surface area contributed by atoms with E-state index in [0.717, 1.165) is 37.1 Å². The molecule has 1 aliphatic rings. The minimum Gasteiger partial charge on any atom is -0.495 e. The fraction of sp³-hybridized carbons (Fsp3) is 0.583. The lowest BCUT2D eigenvalue weighted by atomic mass is 9.78. The molecule has 4 nitrogen and oxygen atoms in total. The molecule has 1 saturated carbocycles. The normalized spacial score (nSPS) is 30.1. The molecule has 0 radical (unpaired) electrons. The van der Waals surface area contributed by atoms with E-state index in [1.54, 1.807) is 13.3 Å². The Bertz CT molecular complexity index is 360. The van der Waals surface area contributed by atoms with Crippen molar-refractivity contribution < 1.29 is 9.84 Å². The summed E-state index contributed by atoms with van der Waals surface area (Å²) in [5, 5.41) is 9.51. The molecule has 1 heterocycles. The Morgan fingerprint density at radius 2 is 2.19 bits per heavy atom. The Hall–Kier alpha value is -1.13. The van der Waals surface area contributed by atoms with E-state index in [1.165, 1.54) is 0 Å². The van der Waals surface area contributed by atoms with Crippen LogP contribution in [0.4, 0.5) is 0 Å². The van der Waals surface area contributed by atoms with E-state index in [-0.39, 0.29) is 6.10 Å². The number of nitrogens with zero attached hydrogens (tertiary/aromatic N) is 1. The van der Waals surface area contributed by atoms with Gasteiger partial charge in [0.1, 0.15) is 11.4 Å². The van der Waals surface area contributed by atoms with E-state index in [9.17, 15) is 5.11 Å². The first-order chi connectivity index (χ1) is 7.65. The Morgan fingerprint density at radius 1 is 1.50 bits per heavy atom. The molecule has 2 rings (SSSR count). The predicted octanol–water partition coefficient (Wildman–Crippen LogP) is 1.18. The van der Waals surface area contributed by atoms with Gasteiger partial charge < -0.3 is 15.6 Å². The SMILES string of the molecule is COc1cccnc1C1(N)CCC(O)CC1. The molecule has 3 N–H and O–H groups in total. The molecule has 88 valence electrons. The van der Waals surface area contributed by atoms with Crippen molar-refractivity contribution in [2.75, 3.05) is 7.11 Å². The van der Waals surface area contributed by atoms with Crippen LogP contribution in [0.3, 0.4) is 0 Å². The van der Waals surface area contributed by atoms with Gasteiger partial charge in [0, 0.05) is 6.20 Å². The second kappa shape index (κ2) is 4.39. The Labute approximate surface area is 95.4 Å². The zero-order valence-corrected chi connectivity index (χ0v) is 9.52. The number of nitrogens with two attached hydrogens (primary N) is 1. The molecule has 1 aromatic heterocycles. The average Bonchev–Trinajstić information content (AvgIpc) is 2.33. The molecule has 1 aromatic rings. The molecule has 16 heavy (non-hydrogen) atoms. The molecule has 0 aliphatic heterocycles. The van der Waals surface area contributed by atoms with E-state index in [2.05, 4.69) is 4.98 Å². The van der Waals surface area contributed by atoms with Crippen LogP contribution in [0.1, 0.15) is 31.4 Å². The van der Waals surface area contributed by atoms with Gasteiger partial charge in [0.25, 0.3) is 0 Å². The van der Waals surface area contributed by atoms with Crippen molar-refractivity contribution in [2.24, 2.45) is 5.73 Å². The summed E-state index contributed by atoms with van der Waals surface area (Å²) in [6.45, 7) is 0. The zero-order chi connectivity index (χ0) is 11.6.